The van der Waals surface area contributed by atoms with E-state index >= 15 is 0 Å². The molecule has 2 aliphatic heterocycles. The maximum atomic E-state index is 13.1. The van der Waals surface area contributed by atoms with E-state index in [1.165, 1.54) is 41.0 Å². The summed E-state index contributed by atoms with van der Waals surface area (Å²) in [6.07, 6.45) is 1.29. The normalized spacial score (nSPS) is 15.2. The predicted molar refractivity (Wildman–Crippen MR) is 211 cm³/mol. The van der Waals surface area contributed by atoms with E-state index < -0.39 is 5.97 Å². The van der Waals surface area contributed by atoms with Crippen molar-refractivity contribution in [2.45, 2.75) is 72.9 Å². The SMILES string of the molecule is CC(=O)O.Cc1nnc2n1-c1sc(Br)c(Cc3ccc(F)cc3)c1CO[C@H]2C.Cc1nnc2n1-c1scc(Cc3ccc(F)cc3)c1CO[C@H]2C.[B]=NS. The number of carboxylic acids is 1. The third kappa shape index (κ3) is 9.65. The Balaban J connectivity index is 0.000000178. The van der Waals surface area contributed by atoms with Crippen molar-refractivity contribution >= 4 is 65.0 Å². The van der Waals surface area contributed by atoms with Gasteiger partial charge in [-0.05, 0) is 108 Å². The van der Waals surface area contributed by atoms with Gasteiger partial charge >= 0.3 is 24.8 Å². The zero-order chi connectivity index (χ0) is 39.1. The van der Waals surface area contributed by atoms with Crippen LogP contribution < -0.4 is 0 Å². The van der Waals surface area contributed by atoms with Crippen LogP contribution in [0.1, 0.15) is 89.7 Å². The second-order valence-corrected chi connectivity index (χ2v) is 15.6. The molecule has 2 aromatic carbocycles. The van der Waals surface area contributed by atoms with Gasteiger partial charge < -0.3 is 14.6 Å². The first kappa shape index (κ1) is 41.2. The molecule has 1 radical (unpaired) electrons. The fraction of sp³-hybridized carbons (Fsp3) is 0.306. The number of aromatic nitrogens is 6. The van der Waals surface area contributed by atoms with Crippen LogP contribution >= 0.6 is 51.4 Å². The van der Waals surface area contributed by atoms with Crippen molar-refractivity contribution in [1.82, 2.24) is 29.5 Å². The number of rotatable bonds is 4. The summed E-state index contributed by atoms with van der Waals surface area (Å²) in [6.45, 7) is 10.1. The molecule has 54 heavy (non-hydrogen) atoms. The number of benzene rings is 2. The van der Waals surface area contributed by atoms with E-state index in [1.807, 2.05) is 52.0 Å². The van der Waals surface area contributed by atoms with Crippen LogP contribution in [0, 0.1) is 25.5 Å². The van der Waals surface area contributed by atoms with Crippen molar-refractivity contribution in [3.05, 3.63) is 126 Å². The molecule has 0 saturated heterocycles. The Morgan fingerprint density at radius 1 is 0.889 bits per heavy atom. The predicted octanol–water partition coefficient (Wildman–Crippen LogP) is 8.95. The summed E-state index contributed by atoms with van der Waals surface area (Å²) in [5.41, 5.74) is 6.86. The molecular formula is C36H36BBrF2N7O4S3. The second-order valence-electron chi connectivity index (χ2n) is 12.2. The number of hydrogen-bond donors (Lipinski definition) is 2. The Bertz CT molecular complexity index is 2220. The molecule has 0 saturated carbocycles. The molecule has 8 rings (SSSR count). The first-order valence-electron chi connectivity index (χ1n) is 16.5. The summed E-state index contributed by atoms with van der Waals surface area (Å²) < 4.78 is 46.1. The van der Waals surface area contributed by atoms with Crippen LogP contribution in [0.2, 0.25) is 0 Å². The van der Waals surface area contributed by atoms with Crippen LogP contribution in [0.25, 0.3) is 10.0 Å². The number of halogens is 3. The molecule has 0 spiro atoms. The van der Waals surface area contributed by atoms with E-state index in [2.05, 4.69) is 75.6 Å². The number of thiol groups is 1. The Morgan fingerprint density at radius 2 is 1.33 bits per heavy atom. The first-order chi connectivity index (χ1) is 25.8. The van der Waals surface area contributed by atoms with E-state index in [0.717, 1.165) is 73.5 Å². The van der Waals surface area contributed by atoms with E-state index in [4.69, 9.17) is 19.4 Å². The number of nitrogens with zero attached hydrogens (tertiary/aromatic N) is 7. The van der Waals surface area contributed by atoms with Gasteiger partial charge in [0.05, 0.1) is 17.0 Å². The average Bonchev–Trinajstić information content (AvgIpc) is 3.85. The van der Waals surface area contributed by atoms with Crippen molar-refractivity contribution in [2.75, 3.05) is 0 Å². The number of carbonyl (C=O) groups is 1. The standard InChI is InChI=1S/C17H15BrFN3OS.C17H16FN3OS.C2H4O2.BHNS/c1-9-16-21-20-10(2)22(16)17-14(8-23-9)13(15(18)24-17)7-11-3-5-12(19)6-4-11;1-10-16-20-19-11(2)21(16)17-15(8-22-10)13(9-23-17)7-12-3-5-14(18)6-4-12;1-2(3)4;1-2-3/h3-6,9H,7-8H2,1-2H3;3-6,9-10H,7-8H2,1-2H3;1H3,(H,3,4);3H/t9-;10-;;/m00../s1. The maximum absolute atomic E-state index is 13.1. The van der Waals surface area contributed by atoms with Crippen LogP contribution in [0.15, 0.2) is 62.0 Å². The molecule has 1 N–H and O–H groups in total. The van der Waals surface area contributed by atoms with Crippen molar-refractivity contribution in [1.29, 1.82) is 0 Å². The minimum absolute atomic E-state index is 0.0885. The third-order valence-corrected chi connectivity index (χ3v) is 11.5. The van der Waals surface area contributed by atoms with Gasteiger partial charge in [-0.15, -0.1) is 43.1 Å². The van der Waals surface area contributed by atoms with E-state index in [1.54, 1.807) is 22.7 Å². The number of thiophene rings is 2. The molecule has 6 aromatic rings. The number of hydrogen-bond acceptors (Lipinski definition) is 11. The van der Waals surface area contributed by atoms with Crippen molar-refractivity contribution in [3.8, 4) is 10.0 Å². The molecule has 11 nitrogen and oxygen atoms in total. The molecule has 0 bridgehead atoms. The zero-order valence-corrected chi connectivity index (χ0v) is 34.1. The van der Waals surface area contributed by atoms with Crippen molar-refractivity contribution in [2.24, 2.45) is 4.30 Å². The van der Waals surface area contributed by atoms with Crippen molar-refractivity contribution < 1.29 is 28.2 Å². The minimum atomic E-state index is -0.833. The summed E-state index contributed by atoms with van der Waals surface area (Å²) in [5.74, 6) is 2.13. The summed E-state index contributed by atoms with van der Waals surface area (Å²) >= 11 is 10.2. The second kappa shape index (κ2) is 18.6. The van der Waals surface area contributed by atoms with Crippen LogP contribution in [0.5, 0.6) is 0 Å². The van der Waals surface area contributed by atoms with Crippen LogP contribution in [-0.4, -0.2) is 48.2 Å². The first-order valence-corrected chi connectivity index (χ1v) is 19.4. The summed E-state index contributed by atoms with van der Waals surface area (Å²) in [5, 5.41) is 28.7. The molecule has 18 heteroatoms. The molecule has 0 fully saturated rings. The Morgan fingerprint density at radius 3 is 1.83 bits per heavy atom. The summed E-state index contributed by atoms with van der Waals surface area (Å²) in [7, 11) is 4.34. The fourth-order valence-corrected chi connectivity index (χ4v) is 8.93. The van der Waals surface area contributed by atoms with Gasteiger partial charge in [0, 0.05) is 18.1 Å². The van der Waals surface area contributed by atoms with Gasteiger partial charge in [0.1, 0.15) is 45.5 Å². The number of aryl methyl sites for hydroxylation is 2. The molecule has 0 aliphatic carbocycles. The van der Waals surface area contributed by atoms with E-state index in [0.29, 0.717) is 13.2 Å². The molecule has 2 aliphatic rings. The number of aliphatic carboxylic acids is 1. The van der Waals surface area contributed by atoms with Gasteiger partial charge in [-0.25, -0.2) is 8.78 Å². The molecule has 0 unspecified atom stereocenters. The summed E-state index contributed by atoms with van der Waals surface area (Å²) in [4.78, 5) is 9.00. The van der Waals surface area contributed by atoms with Gasteiger partial charge in [0.25, 0.3) is 5.97 Å². The molecule has 2 atom stereocenters. The average molecular weight is 856 g/mol. The van der Waals surface area contributed by atoms with Gasteiger partial charge in [-0.2, -0.15) is 0 Å². The quantitative estimate of drug-likeness (QED) is 0.133. The van der Waals surface area contributed by atoms with Crippen LogP contribution in [0.3, 0.4) is 0 Å². The number of fused-ring (bicyclic) bond motifs is 6. The van der Waals surface area contributed by atoms with Crippen molar-refractivity contribution in [3.63, 3.8) is 0 Å². The topological polar surface area (TPSA) is 130 Å². The Kier molecular flexibility index (Phi) is 14.2. The molecule has 281 valence electrons. The third-order valence-electron chi connectivity index (χ3n) is 8.40. The van der Waals surface area contributed by atoms with Gasteiger partial charge in [0.15, 0.2) is 11.6 Å². The monoisotopic (exact) mass is 854 g/mol. The summed E-state index contributed by atoms with van der Waals surface area (Å²) in [6, 6.07) is 13.3. The van der Waals surface area contributed by atoms with Crippen LogP contribution in [-0.2, 0) is 40.3 Å². The number of ether oxygens (including phenoxy) is 2. The van der Waals surface area contributed by atoms with Gasteiger partial charge in [0.2, 0.25) is 0 Å². The van der Waals surface area contributed by atoms with E-state index in [-0.39, 0.29) is 23.8 Å². The number of carboxylic acid groups (broad SMARTS) is 1. The Labute approximate surface area is 334 Å². The Hall–Kier alpha value is -3.94. The fourth-order valence-electron chi connectivity index (χ4n) is 5.84. The van der Waals surface area contributed by atoms with Gasteiger partial charge in [-0.1, -0.05) is 24.3 Å². The molecule has 4 aromatic heterocycles. The molecule has 6 heterocycles. The molecule has 0 amide bonds. The van der Waals surface area contributed by atoms with E-state index in [9.17, 15) is 8.78 Å². The zero-order valence-electron chi connectivity index (χ0n) is 30.0. The molecular weight excluding hydrogens is 819 g/mol. The van der Waals surface area contributed by atoms with Gasteiger partial charge in [-0.3, -0.25) is 13.9 Å². The van der Waals surface area contributed by atoms with Crippen LogP contribution in [0.4, 0.5) is 8.78 Å².